The lowest BCUT2D eigenvalue weighted by Gasteiger charge is -2.35. The van der Waals surface area contributed by atoms with Gasteiger partial charge in [-0.2, -0.15) is 0 Å². The summed E-state index contributed by atoms with van der Waals surface area (Å²) >= 11 is 0. The maximum absolute atomic E-state index is 14.7. The highest BCUT2D eigenvalue weighted by molar-refractivity contribution is 5.90. The van der Waals surface area contributed by atoms with Gasteiger partial charge in [-0.05, 0) is 67.6 Å². The highest BCUT2D eigenvalue weighted by Gasteiger charge is 2.55. The second-order valence-corrected chi connectivity index (χ2v) is 9.59. The Balaban J connectivity index is 1.45. The molecule has 2 aliphatic carbocycles. The van der Waals surface area contributed by atoms with Gasteiger partial charge in [0.2, 0.25) is 11.8 Å². The van der Waals surface area contributed by atoms with Crippen molar-refractivity contribution in [1.29, 1.82) is 0 Å². The number of benzene rings is 1. The first-order chi connectivity index (χ1) is 16.0. The third-order valence-electron chi connectivity index (χ3n) is 7.61. The molecule has 0 radical (unpaired) electrons. The number of fused-ring (bicyclic) bond motifs is 5. The van der Waals surface area contributed by atoms with Crippen LogP contribution in [0.25, 0.3) is 0 Å². The SMILES string of the molecule is CNC(=O)C1C2CC3CCC(=O)Nc4cccc(c4)CCCc4ncc(F)c(n4)NC1C3C2. The molecule has 5 rings (SSSR count). The number of nitrogens with one attached hydrogen (secondary N) is 3. The molecule has 3 aliphatic rings. The van der Waals surface area contributed by atoms with Crippen LogP contribution in [0, 0.1) is 29.5 Å². The molecule has 5 atom stereocenters. The van der Waals surface area contributed by atoms with Gasteiger partial charge in [0.05, 0.1) is 12.1 Å². The molecule has 174 valence electrons. The standard InChI is InChI=1S/C25H30FN5O2/c1-27-25(33)22-16-11-15-8-9-21(32)29-17-6-2-4-14(10-17)5-3-7-20-28-13-19(26)24(30-20)31-23(22)18(15)12-16/h2,4,6,10,13,15-16,18,22-23H,3,5,7-9,11-12H2,1H3,(H,27,33)(H,29,32)(H,28,30,31). The predicted molar refractivity (Wildman–Crippen MR) is 123 cm³/mol. The van der Waals surface area contributed by atoms with Crippen LogP contribution < -0.4 is 16.0 Å². The van der Waals surface area contributed by atoms with Gasteiger partial charge in [-0.3, -0.25) is 9.59 Å². The summed E-state index contributed by atoms with van der Waals surface area (Å²) < 4.78 is 14.7. The minimum absolute atomic E-state index is 0.00941. The van der Waals surface area contributed by atoms with E-state index < -0.39 is 5.82 Å². The van der Waals surface area contributed by atoms with Gasteiger partial charge >= 0.3 is 0 Å². The Morgan fingerprint density at radius 2 is 2.06 bits per heavy atom. The number of hydrogen-bond donors (Lipinski definition) is 3. The zero-order valence-electron chi connectivity index (χ0n) is 18.8. The first-order valence-corrected chi connectivity index (χ1v) is 11.9. The largest absolute Gasteiger partial charge is 0.364 e. The van der Waals surface area contributed by atoms with Gasteiger partial charge in [-0.25, -0.2) is 14.4 Å². The number of nitrogens with zero attached hydrogens (tertiary/aromatic N) is 2. The topological polar surface area (TPSA) is 96.0 Å². The summed E-state index contributed by atoms with van der Waals surface area (Å²) in [5, 5.41) is 9.12. The molecule has 8 heteroatoms. The third kappa shape index (κ3) is 4.43. The number of aromatic nitrogens is 2. The van der Waals surface area contributed by atoms with Crippen LogP contribution >= 0.6 is 0 Å². The zero-order chi connectivity index (χ0) is 22.9. The fourth-order valence-electron chi connectivity index (χ4n) is 6.15. The highest BCUT2D eigenvalue weighted by atomic mass is 19.1. The van der Waals surface area contributed by atoms with Crippen LogP contribution in [0.5, 0.6) is 0 Å². The molecule has 1 aromatic heterocycles. The van der Waals surface area contributed by atoms with E-state index in [-0.39, 0.29) is 41.4 Å². The summed E-state index contributed by atoms with van der Waals surface area (Å²) in [7, 11) is 1.65. The van der Waals surface area contributed by atoms with Crippen molar-refractivity contribution in [2.75, 3.05) is 17.7 Å². The molecule has 6 bridgehead atoms. The van der Waals surface area contributed by atoms with Crippen LogP contribution in [0.15, 0.2) is 30.5 Å². The molecule has 2 amide bonds. The van der Waals surface area contributed by atoms with E-state index in [4.69, 9.17) is 0 Å². The van der Waals surface area contributed by atoms with E-state index in [0.717, 1.165) is 43.4 Å². The fraction of sp³-hybridized carbons (Fsp3) is 0.520. The molecule has 1 aliphatic heterocycles. The van der Waals surface area contributed by atoms with Crippen molar-refractivity contribution in [2.45, 2.75) is 51.0 Å². The molecule has 2 fully saturated rings. The third-order valence-corrected chi connectivity index (χ3v) is 7.61. The van der Waals surface area contributed by atoms with E-state index in [1.54, 1.807) is 7.05 Å². The minimum Gasteiger partial charge on any atom is -0.364 e. The molecule has 5 unspecified atom stereocenters. The van der Waals surface area contributed by atoms with Gasteiger partial charge in [-0.1, -0.05) is 12.1 Å². The Morgan fingerprint density at radius 1 is 1.18 bits per heavy atom. The average molecular weight is 452 g/mol. The van der Waals surface area contributed by atoms with E-state index in [9.17, 15) is 14.0 Å². The average Bonchev–Trinajstić information content (AvgIpc) is 3.37. The monoisotopic (exact) mass is 451 g/mol. The molecule has 2 saturated carbocycles. The van der Waals surface area contributed by atoms with Gasteiger partial charge in [0, 0.05) is 31.6 Å². The fourth-order valence-corrected chi connectivity index (χ4v) is 6.15. The maximum atomic E-state index is 14.7. The van der Waals surface area contributed by atoms with Crippen LogP contribution in [-0.4, -0.2) is 34.9 Å². The summed E-state index contributed by atoms with van der Waals surface area (Å²) in [6.07, 6.45) is 6.46. The van der Waals surface area contributed by atoms with Gasteiger partial charge < -0.3 is 16.0 Å². The first-order valence-electron chi connectivity index (χ1n) is 11.9. The summed E-state index contributed by atoms with van der Waals surface area (Å²) in [5.74, 6) is 0.755. The number of carbonyl (C=O) groups excluding carboxylic acids is 2. The minimum atomic E-state index is -0.501. The van der Waals surface area contributed by atoms with Crippen LogP contribution in [0.1, 0.15) is 43.5 Å². The Morgan fingerprint density at radius 3 is 2.91 bits per heavy atom. The Bertz CT molecular complexity index is 1060. The summed E-state index contributed by atoms with van der Waals surface area (Å²) in [4.78, 5) is 34.0. The van der Waals surface area contributed by atoms with E-state index in [1.807, 2.05) is 24.3 Å². The molecule has 2 aromatic rings. The molecule has 3 N–H and O–H groups in total. The molecule has 1 aromatic carbocycles. The molecule has 2 heterocycles. The molecule has 0 saturated heterocycles. The molecular formula is C25H30FN5O2. The lowest BCUT2D eigenvalue weighted by molar-refractivity contribution is -0.126. The van der Waals surface area contributed by atoms with Gasteiger partial charge in [-0.15, -0.1) is 0 Å². The normalized spacial score (nSPS) is 29.0. The van der Waals surface area contributed by atoms with Crippen molar-refractivity contribution in [2.24, 2.45) is 23.7 Å². The van der Waals surface area contributed by atoms with Gasteiger partial charge in [0.25, 0.3) is 0 Å². The van der Waals surface area contributed by atoms with Crippen molar-refractivity contribution < 1.29 is 14.0 Å². The molecular weight excluding hydrogens is 421 g/mol. The summed E-state index contributed by atoms with van der Waals surface area (Å²) in [6.45, 7) is 0. The summed E-state index contributed by atoms with van der Waals surface area (Å²) in [6, 6.07) is 7.71. The Labute approximate surface area is 193 Å². The lowest BCUT2D eigenvalue weighted by atomic mass is 9.76. The second-order valence-electron chi connectivity index (χ2n) is 9.59. The number of hydrogen-bond acceptors (Lipinski definition) is 5. The quantitative estimate of drug-likeness (QED) is 0.618. The molecule has 33 heavy (non-hydrogen) atoms. The number of rotatable bonds is 1. The van der Waals surface area contributed by atoms with Crippen molar-refractivity contribution in [3.8, 4) is 0 Å². The molecule has 0 spiro atoms. The number of aryl methyl sites for hydroxylation is 2. The van der Waals surface area contributed by atoms with E-state index >= 15 is 0 Å². The van der Waals surface area contributed by atoms with Crippen molar-refractivity contribution in [3.63, 3.8) is 0 Å². The highest BCUT2D eigenvalue weighted by Crippen LogP contribution is 2.54. The van der Waals surface area contributed by atoms with E-state index in [1.165, 1.54) is 6.20 Å². The predicted octanol–water partition coefficient (Wildman–Crippen LogP) is 3.32. The zero-order valence-corrected chi connectivity index (χ0v) is 18.8. The van der Waals surface area contributed by atoms with Crippen LogP contribution in [0.2, 0.25) is 0 Å². The second kappa shape index (κ2) is 9.08. The number of amides is 2. The number of anilines is 2. The molecule has 7 nitrogen and oxygen atoms in total. The smallest absolute Gasteiger partial charge is 0.225 e. The Hall–Kier alpha value is -3.03. The first kappa shape index (κ1) is 21.8. The van der Waals surface area contributed by atoms with Crippen LogP contribution in [-0.2, 0) is 22.4 Å². The van der Waals surface area contributed by atoms with Crippen molar-refractivity contribution in [3.05, 3.63) is 47.7 Å². The van der Waals surface area contributed by atoms with E-state index in [2.05, 4.69) is 25.9 Å². The number of halogens is 1. The van der Waals surface area contributed by atoms with E-state index in [0.29, 0.717) is 24.6 Å². The van der Waals surface area contributed by atoms with Gasteiger partial charge in [0.1, 0.15) is 5.82 Å². The van der Waals surface area contributed by atoms with Crippen molar-refractivity contribution in [1.82, 2.24) is 15.3 Å². The Kier molecular flexibility index (Phi) is 6.00. The summed E-state index contributed by atoms with van der Waals surface area (Å²) in [5.41, 5.74) is 1.94. The maximum Gasteiger partial charge on any atom is 0.225 e. The van der Waals surface area contributed by atoms with Gasteiger partial charge in [0.15, 0.2) is 11.6 Å². The number of carbonyl (C=O) groups is 2. The lowest BCUT2D eigenvalue weighted by Crippen LogP contribution is -2.46. The van der Waals surface area contributed by atoms with Crippen LogP contribution in [0.3, 0.4) is 0 Å². The van der Waals surface area contributed by atoms with Crippen molar-refractivity contribution >= 4 is 23.3 Å². The van der Waals surface area contributed by atoms with Crippen LogP contribution in [0.4, 0.5) is 15.9 Å².